The molecular weight excluding hydrogens is 393 g/mol. The lowest BCUT2D eigenvalue weighted by molar-refractivity contribution is 0.0780. The Morgan fingerprint density at radius 2 is 1.97 bits per heavy atom. The Bertz CT molecular complexity index is 1270. The standard InChI is InChI=1S/C20H18FN5O2S/c1-11-17(12(2)26(24-11)14-6-4-13(21)5-7-14)20(28)25(3)10-16-22-15-8-9-29-18(15)19(27)23-16/h4-9H,10H2,1-3H3,(H,22,23,27). The summed E-state index contributed by atoms with van der Waals surface area (Å²) in [5.41, 5.74) is 2.76. The van der Waals surface area contributed by atoms with E-state index in [-0.39, 0.29) is 23.8 Å². The number of nitrogens with zero attached hydrogens (tertiary/aromatic N) is 4. The molecule has 0 aliphatic carbocycles. The van der Waals surface area contributed by atoms with Gasteiger partial charge in [0.25, 0.3) is 11.5 Å². The van der Waals surface area contributed by atoms with Gasteiger partial charge in [-0.25, -0.2) is 14.1 Å². The van der Waals surface area contributed by atoms with Crippen molar-refractivity contribution < 1.29 is 9.18 Å². The van der Waals surface area contributed by atoms with E-state index in [2.05, 4.69) is 15.1 Å². The molecule has 29 heavy (non-hydrogen) atoms. The van der Waals surface area contributed by atoms with Crippen LogP contribution in [0.5, 0.6) is 0 Å². The van der Waals surface area contributed by atoms with Crippen LogP contribution >= 0.6 is 11.3 Å². The van der Waals surface area contributed by atoms with E-state index in [1.807, 2.05) is 5.38 Å². The van der Waals surface area contributed by atoms with Crippen molar-refractivity contribution in [1.29, 1.82) is 0 Å². The molecular formula is C20H18FN5O2S. The minimum Gasteiger partial charge on any atom is -0.334 e. The number of halogens is 1. The summed E-state index contributed by atoms with van der Waals surface area (Å²) in [5, 5.41) is 6.25. The summed E-state index contributed by atoms with van der Waals surface area (Å²) in [6, 6.07) is 7.69. The Balaban J connectivity index is 1.63. The molecule has 0 spiro atoms. The van der Waals surface area contributed by atoms with Crippen LogP contribution in [0.2, 0.25) is 0 Å². The molecule has 0 saturated heterocycles. The van der Waals surface area contributed by atoms with E-state index in [1.165, 1.54) is 28.4 Å². The topological polar surface area (TPSA) is 83.9 Å². The third kappa shape index (κ3) is 3.44. The van der Waals surface area contributed by atoms with E-state index >= 15 is 0 Å². The molecule has 1 amide bonds. The minimum absolute atomic E-state index is 0.153. The predicted molar refractivity (Wildman–Crippen MR) is 109 cm³/mol. The Hall–Kier alpha value is -3.33. The van der Waals surface area contributed by atoms with Crippen LogP contribution < -0.4 is 5.56 Å². The number of thiophene rings is 1. The second-order valence-corrected chi connectivity index (χ2v) is 7.66. The number of rotatable bonds is 4. The molecule has 0 aliphatic heterocycles. The molecule has 1 N–H and O–H groups in total. The van der Waals surface area contributed by atoms with Crippen molar-refractivity contribution in [3.8, 4) is 5.69 Å². The van der Waals surface area contributed by atoms with Crippen LogP contribution in [-0.4, -0.2) is 37.6 Å². The number of benzene rings is 1. The highest BCUT2D eigenvalue weighted by molar-refractivity contribution is 7.17. The maximum Gasteiger partial charge on any atom is 0.268 e. The van der Waals surface area contributed by atoms with Gasteiger partial charge in [-0.3, -0.25) is 9.59 Å². The Morgan fingerprint density at radius 1 is 1.24 bits per heavy atom. The molecule has 0 unspecified atom stereocenters. The van der Waals surface area contributed by atoms with Crippen molar-refractivity contribution in [2.75, 3.05) is 7.05 Å². The van der Waals surface area contributed by atoms with Gasteiger partial charge < -0.3 is 9.88 Å². The maximum absolute atomic E-state index is 13.2. The van der Waals surface area contributed by atoms with Gasteiger partial charge in [-0.15, -0.1) is 11.3 Å². The molecule has 1 aromatic carbocycles. The molecule has 148 valence electrons. The number of fused-ring (bicyclic) bond motifs is 1. The molecule has 3 aromatic heterocycles. The first kappa shape index (κ1) is 19.0. The second-order valence-electron chi connectivity index (χ2n) is 6.74. The fraction of sp³-hybridized carbons (Fsp3) is 0.200. The highest BCUT2D eigenvalue weighted by Gasteiger charge is 2.23. The summed E-state index contributed by atoms with van der Waals surface area (Å²) < 4.78 is 15.4. The van der Waals surface area contributed by atoms with Crippen LogP contribution in [0.25, 0.3) is 15.9 Å². The van der Waals surface area contributed by atoms with Crippen LogP contribution in [0.4, 0.5) is 4.39 Å². The van der Waals surface area contributed by atoms with Gasteiger partial charge in [0.1, 0.15) is 16.3 Å². The number of amides is 1. The smallest absolute Gasteiger partial charge is 0.268 e. The van der Waals surface area contributed by atoms with Gasteiger partial charge in [0.05, 0.1) is 34.7 Å². The zero-order valence-electron chi connectivity index (χ0n) is 16.1. The summed E-state index contributed by atoms with van der Waals surface area (Å²) in [4.78, 5) is 33.9. The number of aromatic nitrogens is 4. The molecule has 4 rings (SSSR count). The van der Waals surface area contributed by atoms with Crippen molar-refractivity contribution >= 4 is 27.5 Å². The summed E-state index contributed by atoms with van der Waals surface area (Å²) in [6.45, 7) is 3.70. The summed E-state index contributed by atoms with van der Waals surface area (Å²) in [7, 11) is 1.65. The molecule has 0 radical (unpaired) electrons. The highest BCUT2D eigenvalue weighted by atomic mass is 32.1. The Kier molecular flexibility index (Phi) is 4.75. The van der Waals surface area contributed by atoms with Crippen LogP contribution in [0.3, 0.4) is 0 Å². The van der Waals surface area contributed by atoms with Gasteiger partial charge >= 0.3 is 0 Å². The molecule has 0 saturated carbocycles. The van der Waals surface area contributed by atoms with E-state index in [1.54, 1.807) is 43.8 Å². The first-order valence-electron chi connectivity index (χ1n) is 8.89. The van der Waals surface area contributed by atoms with Crippen LogP contribution in [0, 0.1) is 19.7 Å². The van der Waals surface area contributed by atoms with Crippen LogP contribution in [0.1, 0.15) is 27.6 Å². The number of H-pyrrole nitrogens is 1. The zero-order valence-corrected chi connectivity index (χ0v) is 16.9. The van der Waals surface area contributed by atoms with Gasteiger partial charge in [0.2, 0.25) is 0 Å². The van der Waals surface area contributed by atoms with E-state index < -0.39 is 0 Å². The fourth-order valence-corrected chi connectivity index (χ4v) is 4.00. The molecule has 0 bridgehead atoms. The van der Waals surface area contributed by atoms with Crippen molar-refractivity contribution in [3.05, 3.63) is 74.7 Å². The highest BCUT2D eigenvalue weighted by Crippen LogP contribution is 2.20. The molecule has 3 heterocycles. The number of aryl methyl sites for hydroxylation is 1. The number of carbonyl (C=O) groups is 1. The largest absolute Gasteiger partial charge is 0.334 e. The Labute approximate surface area is 169 Å². The van der Waals surface area contributed by atoms with Gasteiger partial charge in [-0.1, -0.05) is 0 Å². The zero-order chi connectivity index (χ0) is 20.7. The average molecular weight is 411 g/mol. The van der Waals surface area contributed by atoms with E-state index in [9.17, 15) is 14.0 Å². The normalized spacial score (nSPS) is 11.2. The molecule has 7 nitrogen and oxygen atoms in total. The number of hydrogen-bond donors (Lipinski definition) is 1. The molecule has 4 aromatic rings. The summed E-state index contributed by atoms with van der Waals surface area (Å²) in [5.74, 6) is -0.158. The molecule has 9 heteroatoms. The summed E-state index contributed by atoms with van der Waals surface area (Å²) >= 11 is 1.33. The van der Waals surface area contributed by atoms with Crippen LogP contribution in [0.15, 0.2) is 40.5 Å². The molecule has 0 atom stereocenters. The van der Waals surface area contributed by atoms with Gasteiger partial charge in [-0.2, -0.15) is 5.10 Å². The lowest BCUT2D eigenvalue weighted by Crippen LogP contribution is -2.29. The van der Waals surface area contributed by atoms with Gasteiger partial charge in [0, 0.05) is 7.05 Å². The number of aromatic amines is 1. The quantitative estimate of drug-likeness (QED) is 0.559. The fourth-order valence-electron chi connectivity index (χ4n) is 3.27. The van der Waals surface area contributed by atoms with Crippen molar-refractivity contribution in [3.63, 3.8) is 0 Å². The third-order valence-corrected chi connectivity index (χ3v) is 5.58. The van der Waals surface area contributed by atoms with E-state index in [0.717, 1.165) is 0 Å². The first-order valence-corrected chi connectivity index (χ1v) is 9.77. The van der Waals surface area contributed by atoms with Crippen molar-refractivity contribution in [2.45, 2.75) is 20.4 Å². The number of nitrogens with one attached hydrogen (secondary N) is 1. The first-order chi connectivity index (χ1) is 13.8. The maximum atomic E-state index is 13.2. The number of carbonyl (C=O) groups excluding carboxylic acids is 1. The van der Waals surface area contributed by atoms with E-state index in [0.29, 0.717) is 38.7 Å². The summed E-state index contributed by atoms with van der Waals surface area (Å²) in [6.07, 6.45) is 0. The predicted octanol–water partition coefficient (Wildman–Crippen LogP) is 3.20. The average Bonchev–Trinajstić information content (AvgIpc) is 3.26. The van der Waals surface area contributed by atoms with Gasteiger partial charge in [-0.05, 0) is 49.6 Å². The molecule has 0 aliphatic rings. The second kappa shape index (κ2) is 7.25. The minimum atomic E-state index is -0.338. The van der Waals surface area contributed by atoms with E-state index in [4.69, 9.17) is 0 Å². The monoisotopic (exact) mass is 411 g/mol. The molecule has 0 fully saturated rings. The van der Waals surface area contributed by atoms with Crippen molar-refractivity contribution in [2.24, 2.45) is 0 Å². The number of hydrogen-bond acceptors (Lipinski definition) is 5. The third-order valence-electron chi connectivity index (χ3n) is 4.67. The SMILES string of the molecule is Cc1nn(-c2ccc(F)cc2)c(C)c1C(=O)N(C)Cc1nc2ccsc2c(=O)[nH]1. The van der Waals surface area contributed by atoms with Gasteiger partial charge in [0.15, 0.2) is 0 Å². The van der Waals surface area contributed by atoms with Crippen molar-refractivity contribution in [1.82, 2.24) is 24.6 Å². The van der Waals surface area contributed by atoms with Crippen LogP contribution in [-0.2, 0) is 6.54 Å². The Morgan fingerprint density at radius 3 is 2.69 bits per heavy atom. The lowest BCUT2D eigenvalue weighted by Gasteiger charge is -2.17. The lowest BCUT2D eigenvalue weighted by atomic mass is 10.1.